The second kappa shape index (κ2) is 8.11. The van der Waals surface area contributed by atoms with E-state index < -0.39 is 0 Å². The van der Waals surface area contributed by atoms with Crippen LogP contribution in [0.3, 0.4) is 0 Å². The first-order valence-electron chi connectivity index (χ1n) is 7.78. The Labute approximate surface area is 123 Å². The first-order valence-corrected chi connectivity index (χ1v) is 7.78. The van der Waals surface area contributed by atoms with E-state index in [0.29, 0.717) is 6.54 Å². The van der Waals surface area contributed by atoms with Crippen molar-refractivity contribution >= 4 is 18.3 Å². The topological polar surface area (TPSA) is 55.1 Å². The summed E-state index contributed by atoms with van der Waals surface area (Å²) in [6, 6.07) is 0. The van der Waals surface area contributed by atoms with Gasteiger partial charge in [0, 0.05) is 12.5 Å². The van der Waals surface area contributed by atoms with E-state index in [9.17, 15) is 4.79 Å². The molecule has 19 heavy (non-hydrogen) atoms. The van der Waals surface area contributed by atoms with E-state index in [0.717, 1.165) is 25.7 Å². The number of hydrogen-bond acceptors (Lipinski definition) is 2. The predicted molar refractivity (Wildman–Crippen MR) is 81.5 cm³/mol. The van der Waals surface area contributed by atoms with Crippen molar-refractivity contribution in [3.05, 3.63) is 0 Å². The van der Waals surface area contributed by atoms with Gasteiger partial charge in [-0.2, -0.15) is 0 Å². The van der Waals surface area contributed by atoms with Crippen LogP contribution in [0.2, 0.25) is 0 Å². The van der Waals surface area contributed by atoms with Crippen molar-refractivity contribution in [1.82, 2.24) is 5.32 Å². The van der Waals surface area contributed by atoms with Crippen LogP contribution < -0.4 is 11.1 Å². The summed E-state index contributed by atoms with van der Waals surface area (Å²) in [5.41, 5.74) is 5.82. The first-order chi connectivity index (χ1) is 8.76. The van der Waals surface area contributed by atoms with E-state index in [4.69, 9.17) is 5.73 Å². The molecule has 0 saturated heterocycles. The fourth-order valence-corrected chi connectivity index (χ4v) is 3.51. The van der Waals surface area contributed by atoms with E-state index in [1.165, 1.54) is 44.9 Å². The molecule has 2 fully saturated rings. The van der Waals surface area contributed by atoms with Crippen LogP contribution in [0, 0.1) is 5.92 Å². The van der Waals surface area contributed by atoms with Gasteiger partial charge in [-0.1, -0.05) is 44.9 Å². The molecular formula is C15H29ClN2O. The third-order valence-electron chi connectivity index (χ3n) is 4.82. The summed E-state index contributed by atoms with van der Waals surface area (Å²) < 4.78 is 0. The number of carbonyl (C=O) groups excluding carboxylic acids is 1. The lowest BCUT2D eigenvalue weighted by atomic mass is 9.89. The summed E-state index contributed by atoms with van der Waals surface area (Å²) in [5.74, 6) is 0.526. The molecule has 2 aliphatic rings. The average Bonchev–Trinajstić information content (AvgIpc) is 2.77. The lowest BCUT2D eigenvalue weighted by Crippen LogP contribution is -2.53. The Balaban J connectivity index is 0.00000180. The van der Waals surface area contributed by atoms with E-state index >= 15 is 0 Å². The van der Waals surface area contributed by atoms with Crippen molar-refractivity contribution in [1.29, 1.82) is 0 Å². The molecule has 4 heteroatoms. The van der Waals surface area contributed by atoms with Crippen molar-refractivity contribution < 1.29 is 4.79 Å². The van der Waals surface area contributed by atoms with Crippen molar-refractivity contribution in [3.63, 3.8) is 0 Å². The smallest absolute Gasteiger partial charge is 0.223 e. The molecule has 0 bridgehead atoms. The van der Waals surface area contributed by atoms with Gasteiger partial charge in [0.05, 0.1) is 5.54 Å². The monoisotopic (exact) mass is 288 g/mol. The average molecular weight is 289 g/mol. The number of hydrogen-bond donors (Lipinski definition) is 2. The predicted octanol–water partition coefficient (Wildman–Crippen LogP) is 3.16. The van der Waals surface area contributed by atoms with E-state index in [1.54, 1.807) is 0 Å². The van der Waals surface area contributed by atoms with Gasteiger partial charge in [-0.3, -0.25) is 4.79 Å². The highest BCUT2D eigenvalue weighted by molar-refractivity contribution is 5.85. The lowest BCUT2D eigenvalue weighted by Gasteiger charge is -2.31. The molecule has 2 saturated carbocycles. The second-order valence-electron chi connectivity index (χ2n) is 6.22. The number of rotatable bonds is 3. The quantitative estimate of drug-likeness (QED) is 0.838. The lowest BCUT2D eigenvalue weighted by molar-refractivity contribution is -0.127. The highest BCUT2D eigenvalue weighted by Crippen LogP contribution is 2.30. The van der Waals surface area contributed by atoms with Crippen molar-refractivity contribution in [2.24, 2.45) is 11.7 Å². The molecule has 0 unspecified atom stereocenters. The van der Waals surface area contributed by atoms with Crippen LogP contribution in [0.5, 0.6) is 0 Å². The van der Waals surface area contributed by atoms with E-state index in [-0.39, 0.29) is 29.8 Å². The molecule has 0 radical (unpaired) electrons. The normalized spacial score (nSPS) is 24.1. The molecule has 112 valence electrons. The maximum Gasteiger partial charge on any atom is 0.223 e. The van der Waals surface area contributed by atoms with Gasteiger partial charge in [-0.25, -0.2) is 0 Å². The van der Waals surface area contributed by atoms with Gasteiger partial charge >= 0.3 is 0 Å². The molecule has 0 heterocycles. The molecule has 3 nitrogen and oxygen atoms in total. The Morgan fingerprint density at radius 2 is 1.53 bits per heavy atom. The number of halogens is 1. The SMILES string of the molecule is Cl.NCC1(NC(=O)C2CCCCCCC2)CCCC1. The Bertz CT molecular complexity index is 269. The molecule has 1 amide bonds. The standard InChI is InChI=1S/C15H28N2O.ClH/c16-12-15(10-6-7-11-15)17-14(18)13-8-4-2-1-3-5-9-13;/h13H,1-12,16H2,(H,17,18);1H. The summed E-state index contributed by atoms with van der Waals surface area (Å²) in [4.78, 5) is 12.4. The summed E-state index contributed by atoms with van der Waals surface area (Å²) in [6.45, 7) is 0.603. The zero-order valence-corrected chi connectivity index (χ0v) is 12.8. The van der Waals surface area contributed by atoms with Gasteiger partial charge in [0.2, 0.25) is 5.91 Å². The van der Waals surface area contributed by atoms with Gasteiger partial charge < -0.3 is 11.1 Å². The summed E-state index contributed by atoms with van der Waals surface area (Å²) in [5, 5.41) is 3.30. The van der Waals surface area contributed by atoms with Crippen LogP contribution in [0.4, 0.5) is 0 Å². The van der Waals surface area contributed by atoms with Crippen molar-refractivity contribution in [2.75, 3.05) is 6.54 Å². The highest BCUT2D eigenvalue weighted by Gasteiger charge is 2.35. The Kier molecular flexibility index (Phi) is 7.16. The molecule has 2 rings (SSSR count). The summed E-state index contributed by atoms with van der Waals surface area (Å²) >= 11 is 0. The third-order valence-corrected chi connectivity index (χ3v) is 4.82. The maximum atomic E-state index is 12.4. The van der Waals surface area contributed by atoms with Crippen LogP contribution in [0.15, 0.2) is 0 Å². The minimum absolute atomic E-state index is 0. The maximum absolute atomic E-state index is 12.4. The third kappa shape index (κ3) is 4.64. The Morgan fingerprint density at radius 1 is 1.00 bits per heavy atom. The summed E-state index contributed by atoms with van der Waals surface area (Å²) in [6.07, 6.45) is 13.1. The molecular weight excluding hydrogens is 260 g/mol. The molecule has 3 N–H and O–H groups in total. The number of carbonyl (C=O) groups is 1. The van der Waals surface area contributed by atoms with Gasteiger partial charge in [-0.15, -0.1) is 12.4 Å². The molecule has 0 aromatic heterocycles. The van der Waals surface area contributed by atoms with Crippen LogP contribution in [0.25, 0.3) is 0 Å². The second-order valence-corrected chi connectivity index (χ2v) is 6.22. The molecule has 2 aliphatic carbocycles. The largest absolute Gasteiger partial charge is 0.349 e. The molecule has 0 spiro atoms. The minimum Gasteiger partial charge on any atom is -0.349 e. The molecule has 0 atom stereocenters. The van der Waals surface area contributed by atoms with Crippen LogP contribution in [-0.2, 0) is 4.79 Å². The van der Waals surface area contributed by atoms with Crippen LogP contribution >= 0.6 is 12.4 Å². The fraction of sp³-hybridized carbons (Fsp3) is 0.933. The van der Waals surface area contributed by atoms with Gasteiger partial charge in [0.25, 0.3) is 0 Å². The van der Waals surface area contributed by atoms with Crippen LogP contribution in [-0.4, -0.2) is 18.0 Å². The zero-order chi connectivity index (χ0) is 12.8. The molecule has 0 aromatic rings. The van der Waals surface area contributed by atoms with E-state index in [1.807, 2.05) is 0 Å². The highest BCUT2D eigenvalue weighted by atomic mass is 35.5. The minimum atomic E-state index is -0.0700. The number of amides is 1. The van der Waals surface area contributed by atoms with Crippen LogP contribution in [0.1, 0.15) is 70.6 Å². The Morgan fingerprint density at radius 3 is 2.05 bits per heavy atom. The molecule has 0 aliphatic heterocycles. The van der Waals surface area contributed by atoms with Crippen molar-refractivity contribution in [3.8, 4) is 0 Å². The van der Waals surface area contributed by atoms with Gasteiger partial charge in [0.1, 0.15) is 0 Å². The number of nitrogens with one attached hydrogen (secondary N) is 1. The number of nitrogens with two attached hydrogens (primary N) is 1. The van der Waals surface area contributed by atoms with Gasteiger partial charge in [-0.05, 0) is 25.7 Å². The zero-order valence-electron chi connectivity index (χ0n) is 12.0. The summed E-state index contributed by atoms with van der Waals surface area (Å²) in [7, 11) is 0. The van der Waals surface area contributed by atoms with Gasteiger partial charge in [0.15, 0.2) is 0 Å². The fourth-order valence-electron chi connectivity index (χ4n) is 3.51. The van der Waals surface area contributed by atoms with Crippen molar-refractivity contribution in [2.45, 2.75) is 76.2 Å². The Hall–Kier alpha value is -0.280. The van der Waals surface area contributed by atoms with E-state index in [2.05, 4.69) is 5.32 Å². The first kappa shape index (κ1) is 16.8. The molecule has 0 aromatic carbocycles.